The van der Waals surface area contributed by atoms with Gasteiger partial charge in [-0.2, -0.15) is 0 Å². The number of para-hydroxylation sites is 1. The van der Waals surface area contributed by atoms with E-state index in [1.807, 2.05) is 18.2 Å². The Morgan fingerprint density at radius 3 is 2.95 bits per heavy atom. The van der Waals surface area contributed by atoms with E-state index >= 15 is 0 Å². The lowest BCUT2D eigenvalue weighted by Crippen LogP contribution is -2.32. The van der Waals surface area contributed by atoms with E-state index in [-0.39, 0.29) is 6.03 Å². The highest BCUT2D eigenvalue weighted by Gasteiger charge is 2.19. The Hall–Kier alpha value is -1.95. The summed E-state index contributed by atoms with van der Waals surface area (Å²) in [5.74, 6) is 1.47. The molecule has 6 heteroatoms. The van der Waals surface area contributed by atoms with Crippen LogP contribution in [0, 0.1) is 0 Å². The highest BCUT2D eigenvalue weighted by atomic mass is 16.5. The Labute approximate surface area is 125 Å². The fourth-order valence-electron chi connectivity index (χ4n) is 2.27. The zero-order valence-electron chi connectivity index (χ0n) is 12.6. The Bertz CT molecular complexity index is 479. The van der Waals surface area contributed by atoms with Crippen molar-refractivity contribution in [2.75, 3.05) is 39.9 Å². The van der Waals surface area contributed by atoms with Crippen LogP contribution in [0.2, 0.25) is 0 Å². The molecule has 0 unspecified atom stereocenters. The lowest BCUT2D eigenvalue weighted by molar-refractivity contribution is 0.200. The summed E-state index contributed by atoms with van der Waals surface area (Å²) >= 11 is 0. The maximum Gasteiger partial charge on any atom is 0.317 e. The van der Waals surface area contributed by atoms with Crippen LogP contribution >= 0.6 is 0 Å². The van der Waals surface area contributed by atoms with E-state index in [1.54, 1.807) is 12.0 Å². The van der Waals surface area contributed by atoms with Crippen LogP contribution in [0.1, 0.15) is 12.5 Å². The second-order valence-electron chi connectivity index (χ2n) is 4.80. The first-order valence-corrected chi connectivity index (χ1v) is 7.28. The molecule has 1 aliphatic rings. The Balaban J connectivity index is 1.97. The van der Waals surface area contributed by atoms with Gasteiger partial charge in [0, 0.05) is 25.2 Å². The number of carbonyl (C=O) groups excluding carboxylic acids is 1. The van der Waals surface area contributed by atoms with Crippen LogP contribution in [0.5, 0.6) is 11.5 Å². The Kier molecular flexibility index (Phi) is 5.68. The predicted molar refractivity (Wildman–Crippen MR) is 80.8 cm³/mol. The molecule has 1 fully saturated rings. The summed E-state index contributed by atoms with van der Waals surface area (Å²) < 4.78 is 11.2. The number of hydrogen-bond donors (Lipinski definition) is 2. The van der Waals surface area contributed by atoms with Gasteiger partial charge < -0.3 is 25.0 Å². The first kappa shape index (κ1) is 15.4. The highest BCUT2D eigenvalue weighted by Crippen LogP contribution is 2.31. The van der Waals surface area contributed by atoms with Crippen LogP contribution in [0.25, 0.3) is 0 Å². The second kappa shape index (κ2) is 7.73. The molecule has 0 atom stereocenters. The summed E-state index contributed by atoms with van der Waals surface area (Å²) in [5.41, 5.74) is 1.06. The van der Waals surface area contributed by atoms with Gasteiger partial charge >= 0.3 is 6.03 Å². The van der Waals surface area contributed by atoms with Crippen molar-refractivity contribution in [2.24, 2.45) is 0 Å². The normalized spacial score (nSPS) is 14.2. The number of hydrogen-bond acceptors (Lipinski definition) is 4. The standard InChI is InChI=1S/C15H23N3O3/c1-3-16-11-12-5-4-6-13(20-2)14(12)21-10-9-18-8-7-17-15(18)19/h4-6,16H,3,7-11H2,1-2H3,(H,17,19). The summed E-state index contributed by atoms with van der Waals surface area (Å²) in [6, 6.07) is 5.83. The van der Waals surface area contributed by atoms with Crippen LogP contribution < -0.4 is 20.1 Å². The van der Waals surface area contributed by atoms with Gasteiger partial charge in [-0.15, -0.1) is 0 Å². The van der Waals surface area contributed by atoms with Gasteiger partial charge in [0.05, 0.1) is 13.7 Å². The summed E-state index contributed by atoms with van der Waals surface area (Å²) in [6.07, 6.45) is 0. The molecule has 0 radical (unpaired) electrons. The Morgan fingerprint density at radius 1 is 1.43 bits per heavy atom. The van der Waals surface area contributed by atoms with Gasteiger partial charge in [-0.3, -0.25) is 0 Å². The fraction of sp³-hybridized carbons (Fsp3) is 0.533. The van der Waals surface area contributed by atoms with Gasteiger partial charge in [-0.25, -0.2) is 4.79 Å². The molecule has 0 spiro atoms. The third kappa shape index (κ3) is 4.01. The van der Waals surface area contributed by atoms with E-state index in [0.717, 1.165) is 36.7 Å². The lowest BCUT2D eigenvalue weighted by Gasteiger charge is -2.18. The van der Waals surface area contributed by atoms with Crippen molar-refractivity contribution in [2.45, 2.75) is 13.5 Å². The third-order valence-corrected chi connectivity index (χ3v) is 3.40. The molecular weight excluding hydrogens is 270 g/mol. The molecule has 1 aromatic rings. The Morgan fingerprint density at radius 2 is 2.29 bits per heavy atom. The third-order valence-electron chi connectivity index (χ3n) is 3.40. The van der Waals surface area contributed by atoms with Gasteiger partial charge in [0.2, 0.25) is 0 Å². The molecule has 0 saturated carbocycles. The van der Waals surface area contributed by atoms with Crippen LogP contribution in [0.15, 0.2) is 18.2 Å². The first-order valence-electron chi connectivity index (χ1n) is 7.28. The van der Waals surface area contributed by atoms with Gasteiger partial charge in [-0.05, 0) is 12.6 Å². The van der Waals surface area contributed by atoms with Crippen molar-refractivity contribution in [3.8, 4) is 11.5 Å². The largest absolute Gasteiger partial charge is 0.493 e. The van der Waals surface area contributed by atoms with Crippen molar-refractivity contribution in [3.05, 3.63) is 23.8 Å². The maximum absolute atomic E-state index is 11.5. The zero-order chi connectivity index (χ0) is 15.1. The lowest BCUT2D eigenvalue weighted by atomic mass is 10.2. The fourth-order valence-corrected chi connectivity index (χ4v) is 2.27. The minimum atomic E-state index is -0.0218. The van der Waals surface area contributed by atoms with Crippen molar-refractivity contribution < 1.29 is 14.3 Å². The van der Waals surface area contributed by atoms with Crippen molar-refractivity contribution in [3.63, 3.8) is 0 Å². The second-order valence-corrected chi connectivity index (χ2v) is 4.80. The maximum atomic E-state index is 11.5. The number of methoxy groups -OCH3 is 1. The molecule has 0 bridgehead atoms. The van der Waals surface area contributed by atoms with Crippen molar-refractivity contribution in [1.29, 1.82) is 0 Å². The molecule has 6 nitrogen and oxygen atoms in total. The average molecular weight is 293 g/mol. The van der Waals surface area contributed by atoms with Gasteiger partial charge in [0.25, 0.3) is 0 Å². The number of amides is 2. The van der Waals surface area contributed by atoms with Crippen LogP contribution in [-0.4, -0.2) is 50.8 Å². The summed E-state index contributed by atoms with van der Waals surface area (Å²) in [6.45, 7) is 6.15. The molecule has 21 heavy (non-hydrogen) atoms. The van der Waals surface area contributed by atoms with Gasteiger partial charge in [0.1, 0.15) is 6.61 Å². The number of urea groups is 1. The smallest absolute Gasteiger partial charge is 0.317 e. The van der Waals surface area contributed by atoms with Crippen LogP contribution in [0.3, 0.4) is 0 Å². The SMILES string of the molecule is CCNCc1cccc(OC)c1OCCN1CCNC1=O. The number of nitrogens with one attached hydrogen (secondary N) is 2. The minimum Gasteiger partial charge on any atom is -0.493 e. The molecule has 1 saturated heterocycles. The molecule has 1 heterocycles. The van der Waals surface area contributed by atoms with E-state index in [9.17, 15) is 4.79 Å². The highest BCUT2D eigenvalue weighted by molar-refractivity contribution is 5.76. The quantitative estimate of drug-likeness (QED) is 0.756. The molecule has 1 aromatic carbocycles. The number of carbonyl (C=O) groups is 1. The van der Waals surface area contributed by atoms with Gasteiger partial charge in [-0.1, -0.05) is 19.1 Å². The number of rotatable bonds is 8. The molecule has 1 aliphatic heterocycles. The summed E-state index contributed by atoms with van der Waals surface area (Å²) in [4.78, 5) is 13.2. The van der Waals surface area contributed by atoms with Gasteiger partial charge in [0.15, 0.2) is 11.5 Å². The molecule has 0 aromatic heterocycles. The number of benzene rings is 1. The monoisotopic (exact) mass is 293 g/mol. The molecule has 2 rings (SSSR count). The summed E-state index contributed by atoms with van der Waals surface area (Å²) in [5, 5.41) is 6.06. The van der Waals surface area contributed by atoms with E-state index < -0.39 is 0 Å². The molecule has 2 N–H and O–H groups in total. The van der Waals surface area contributed by atoms with Crippen LogP contribution in [0.4, 0.5) is 4.79 Å². The topological polar surface area (TPSA) is 62.8 Å². The number of ether oxygens (including phenoxy) is 2. The zero-order valence-corrected chi connectivity index (χ0v) is 12.6. The molecule has 0 aliphatic carbocycles. The first-order chi connectivity index (χ1) is 10.3. The van der Waals surface area contributed by atoms with E-state index in [4.69, 9.17) is 9.47 Å². The van der Waals surface area contributed by atoms with Crippen molar-refractivity contribution >= 4 is 6.03 Å². The van der Waals surface area contributed by atoms with E-state index in [2.05, 4.69) is 17.6 Å². The average Bonchev–Trinajstić information content (AvgIpc) is 2.91. The molecule has 116 valence electrons. The number of nitrogens with zero attached hydrogens (tertiary/aromatic N) is 1. The van der Waals surface area contributed by atoms with E-state index in [0.29, 0.717) is 19.7 Å². The van der Waals surface area contributed by atoms with Crippen LogP contribution in [-0.2, 0) is 6.54 Å². The van der Waals surface area contributed by atoms with Crippen molar-refractivity contribution in [1.82, 2.24) is 15.5 Å². The molecule has 2 amide bonds. The predicted octanol–water partition coefficient (Wildman–Crippen LogP) is 1.21. The molecular formula is C15H23N3O3. The minimum absolute atomic E-state index is 0.0218. The summed E-state index contributed by atoms with van der Waals surface area (Å²) in [7, 11) is 1.63. The van der Waals surface area contributed by atoms with E-state index in [1.165, 1.54) is 0 Å².